The smallest absolute Gasteiger partial charge is 0.260 e. The average Bonchev–Trinajstić information content (AvgIpc) is 3.50. The van der Waals surface area contributed by atoms with Gasteiger partial charge in [0.05, 0.1) is 25.4 Å². The fourth-order valence-electron chi connectivity index (χ4n) is 5.82. The van der Waals surface area contributed by atoms with Gasteiger partial charge in [-0.15, -0.1) is 5.10 Å². The Balaban J connectivity index is 1.34. The molecule has 1 atom stereocenters. The van der Waals surface area contributed by atoms with Gasteiger partial charge in [-0.05, 0) is 68.7 Å². The van der Waals surface area contributed by atoms with Crippen molar-refractivity contribution in [3.63, 3.8) is 0 Å². The van der Waals surface area contributed by atoms with E-state index < -0.39 is 6.04 Å². The zero-order valence-electron chi connectivity index (χ0n) is 27.9. The van der Waals surface area contributed by atoms with Crippen LogP contribution in [0.1, 0.15) is 42.1 Å². The Bertz CT molecular complexity index is 1890. The quantitative estimate of drug-likeness (QED) is 0.171. The number of allylic oxidation sites excluding steroid dienone is 1. The van der Waals surface area contributed by atoms with Crippen LogP contribution in [0.5, 0.6) is 11.5 Å². The van der Waals surface area contributed by atoms with E-state index in [0.717, 1.165) is 27.9 Å². The predicted molar refractivity (Wildman–Crippen MR) is 191 cm³/mol. The number of ether oxygens (including phenoxy) is 3. The van der Waals surface area contributed by atoms with Crippen LogP contribution in [0.2, 0.25) is 5.02 Å². The molecule has 49 heavy (non-hydrogen) atoms. The number of carbonyl (C=O) groups is 2. The van der Waals surface area contributed by atoms with Gasteiger partial charge in [-0.1, -0.05) is 65.3 Å². The molecule has 0 bridgehead atoms. The molecule has 3 aromatic carbocycles. The first-order valence-corrected chi connectivity index (χ1v) is 17.5. The van der Waals surface area contributed by atoms with Crippen LogP contribution in [0.25, 0.3) is 0 Å². The van der Waals surface area contributed by atoms with Gasteiger partial charge in [-0.25, -0.2) is 4.68 Å². The van der Waals surface area contributed by atoms with Crippen molar-refractivity contribution in [2.45, 2.75) is 44.6 Å². The Labute approximate surface area is 295 Å². The van der Waals surface area contributed by atoms with Gasteiger partial charge in [0, 0.05) is 35.2 Å². The minimum atomic E-state index is -0.660. The van der Waals surface area contributed by atoms with Crippen LogP contribution in [0.3, 0.4) is 0 Å². The van der Waals surface area contributed by atoms with Crippen LogP contribution in [-0.2, 0) is 20.1 Å². The van der Waals surface area contributed by atoms with E-state index in [1.165, 1.54) is 11.8 Å². The van der Waals surface area contributed by atoms with E-state index in [0.29, 0.717) is 77.6 Å². The standard InChI is InChI=1S/C36H39ClN6O5S/c1-5-47-30-19-25(11-13-29(30)48-20-31(44)42-14-16-46-17-15-42)33-32(34(45)39-28-12-10-22(2)18-23(28)3)24(4)38-35-40-36(41-43(33)35)49-21-26-8-6-7-9-27(26)37/h6-13,18-19,33H,5,14-17,20-21H2,1-4H3,(H,39,45)(H,38,40,41). The molecule has 13 heteroatoms. The zero-order valence-corrected chi connectivity index (χ0v) is 29.5. The van der Waals surface area contributed by atoms with Crippen molar-refractivity contribution in [1.82, 2.24) is 19.7 Å². The van der Waals surface area contributed by atoms with Crippen LogP contribution < -0.4 is 20.1 Å². The number of thioether (sulfide) groups is 1. The first kappa shape index (κ1) is 34.3. The lowest BCUT2D eigenvalue weighted by molar-refractivity contribution is -0.137. The van der Waals surface area contributed by atoms with Crippen LogP contribution >= 0.6 is 23.4 Å². The van der Waals surface area contributed by atoms with Crippen molar-refractivity contribution in [1.29, 1.82) is 0 Å². The first-order chi connectivity index (χ1) is 23.7. The second-order valence-corrected chi connectivity index (χ2v) is 13.2. The molecule has 1 fully saturated rings. The molecular weight excluding hydrogens is 664 g/mol. The molecule has 11 nitrogen and oxygen atoms in total. The summed E-state index contributed by atoms with van der Waals surface area (Å²) in [6.07, 6.45) is 0. The van der Waals surface area contributed by atoms with Gasteiger partial charge in [0.15, 0.2) is 18.1 Å². The van der Waals surface area contributed by atoms with Gasteiger partial charge in [0.1, 0.15) is 6.04 Å². The molecule has 2 amide bonds. The summed E-state index contributed by atoms with van der Waals surface area (Å²) in [5.41, 5.74) is 5.60. The molecule has 2 aliphatic rings. The molecule has 3 heterocycles. The zero-order chi connectivity index (χ0) is 34.5. The van der Waals surface area contributed by atoms with Crippen LogP contribution in [-0.4, -0.2) is 71.0 Å². The summed E-state index contributed by atoms with van der Waals surface area (Å²) in [5.74, 6) is 1.56. The van der Waals surface area contributed by atoms with E-state index in [1.54, 1.807) is 15.6 Å². The Morgan fingerprint density at radius 3 is 2.59 bits per heavy atom. The van der Waals surface area contributed by atoms with E-state index in [-0.39, 0.29) is 18.4 Å². The lowest BCUT2D eigenvalue weighted by Crippen LogP contribution is -2.43. The highest BCUT2D eigenvalue weighted by Gasteiger charge is 2.35. The monoisotopic (exact) mass is 702 g/mol. The third-order valence-corrected chi connectivity index (χ3v) is 9.58. The molecule has 2 aliphatic heterocycles. The number of nitrogens with zero attached hydrogens (tertiary/aromatic N) is 4. The molecule has 0 spiro atoms. The number of anilines is 2. The van der Waals surface area contributed by atoms with Crippen molar-refractivity contribution in [3.8, 4) is 11.5 Å². The highest BCUT2D eigenvalue weighted by atomic mass is 35.5. The molecule has 0 radical (unpaired) electrons. The number of benzene rings is 3. The van der Waals surface area contributed by atoms with E-state index in [4.69, 9.17) is 35.9 Å². The number of hydrogen-bond acceptors (Lipinski definition) is 9. The lowest BCUT2D eigenvalue weighted by Gasteiger charge is -2.29. The van der Waals surface area contributed by atoms with E-state index in [1.807, 2.05) is 82.3 Å². The number of aromatic nitrogens is 3. The molecule has 256 valence electrons. The summed E-state index contributed by atoms with van der Waals surface area (Å²) in [7, 11) is 0. The molecular formula is C36H39ClN6O5S. The number of aryl methyl sites for hydroxylation is 2. The number of fused-ring (bicyclic) bond motifs is 1. The third kappa shape index (κ3) is 7.87. The number of halogens is 1. The molecule has 0 saturated carbocycles. The highest BCUT2D eigenvalue weighted by Crippen LogP contribution is 2.40. The fourth-order valence-corrected chi connectivity index (χ4v) is 6.94. The van der Waals surface area contributed by atoms with Gasteiger partial charge in [0.2, 0.25) is 11.1 Å². The normalized spacial score (nSPS) is 15.8. The maximum absolute atomic E-state index is 14.2. The molecule has 1 unspecified atom stereocenters. The number of rotatable bonds is 11. The summed E-state index contributed by atoms with van der Waals surface area (Å²) in [6, 6.07) is 18.4. The largest absolute Gasteiger partial charge is 0.490 e. The minimum Gasteiger partial charge on any atom is -0.490 e. The highest BCUT2D eigenvalue weighted by molar-refractivity contribution is 7.98. The van der Waals surface area contributed by atoms with Crippen LogP contribution in [0.4, 0.5) is 11.6 Å². The van der Waals surface area contributed by atoms with E-state index in [2.05, 4.69) is 10.6 Å². The van der Waals surface area contributed by atoms with Crippen LogP contribution in [0.15, 0.2) is 77.1 Å². The van der Waals surface area contributed by atoms with Gasteiger partial charge >= 0.3 is 0 Å². The predicted octanol–water partition coefficient (Wildman–Crippen LogP) is 6.40. The number of carbonyl (C=O) groups excluding carboxylic acids is 2. The third-order valence-electron chi connectivity index (χ3n) is 8.32. The van der Waals surface area contributed by atoms with Gasteiger partial charge in [0.25, 0.3) is 11.8 Å². The molecule has 1 saturated heterocycles. The topological polar surface area (TPSA) is 120 Å². The van der Waals surface area contributed by atoms with Crippen molar-refractivity contribution in [3.05, 3.63) is 99.2 Å². The second-order valence-electron chi connectivity index (χ2n) is 11.8. The Morgan fingerprint density at radius 1 is 1.04 bits per heavy atom. The molecule has 4 aromatic rings. The number of nitrogens with one attached hydrogen (secondary N) is 2. The SMILES string of the molecule is CCOc1cc(C2C(C(=O)Nc3ccc(C)cc3C)=C(C)Nc3nc(SCc4ccccc4Cl)nn32)ccc1OCC(=O)N1CCOCC1. The maximum atomic E-state index is 14.2. The Hall–Kier alpha value is -4.52. The van der Waals surface area contributed by atoms with Crippen molar-refractivity contribution >= 4 is 46.8 Å². The van der Waals surface area contributed by atoms with Crippen LogP contribution in [0, 0.1) is 13.8 Å². The number of morpholine rings is 1. The van der Waals surface area contributed by atoms with E-state index in [9.17, 15) is 9.59 Å². The minimum absolute atomic E-state index is 0.119. The first-order valence-electron chi connectivity index (χ1n) is 16.2. The van der Waals surface area contributed by atoms with E-state index >= 15 is 0 Å². The van der Waals surface area contributed by atoms with Gasteiger partial charge < -0.3 is 29.7 Å². The maximum Gasteiger partial charge on any atom is 0.260 e. The molecule has 2 N–H and O–H groups in total. The fraction of sp³-hybridized carbons (Fsp3) is 0.333. The Morgan fingerprint density at radius 2 is 1.84 bits per heavy atom. The Kier molecular flexibility index (Phi) is 10.8. The van der Waals surface area contributed by atoms with Gasteiger partial charge in [-0.3, -0.25) is 9.59 Å². The average molecular weight is 703 g/mol. The number of hydrogen-bond donors (Lipinski definition) is 2. The van der Waals surface area contributed by atoms with Gasteiger partial charge in [-0.2, -0.15) is 4.98 Å². The molecule has 0 aliphatic carbocycles. The molecule has 1 aromatic heterocycles. The van der Waals surface area contributed by atoms with Crippen molar-refractivity contribution in [2.24, 2.45) is 0 Å². The summed E-state index contributed by atoms with van der Waals surface area (Å²) in [4.78, 5) is 33.5. The second kappa shape index (κ2) is 15.4. The van der Waals surface area contributed by atoms with Crippen molar-refractivity contribution in [2.75, 3.05) is 50.2 Å². The lowest BCUT2D eigenvalue weighted by atomic mass is 9.94. The summed E-state index contributed by atoms with van der Waals surface area (Å²) in [5, 5.41) is 12.5. The molecule has 6 rings (SSSR count). The summed E-state index contributed by atoms with van der Waals surface area (Å²) in [6.45, 7) is 10.1. The summed E-state index contributed by atoms with van der Waals surface area (Å²) >= 11 is 7.87. The van der Waals surface area contributed by atoms with Crippen molar-refractivity contribution < 1.29 is 23.8 Å². The summed E-state index contributed by atoms with van der Waals surface area (Å²) < 4.78 is 19.1. The number of amides is 2.